The molecule has 2 aromatic carbocycles. The van der Waals surface area contributed by atoms with Crippen LogP contribution in [0.15, 0.2) is 48.8 Å². The quantitative estimate of drug-likeness (QED) is 0.224. The van der Waals surface area contributed by atoms with Crippen molar-refractivity contribution in [1.82, 2.24) is 15.3 Å². The van der Waals surface area contributed by atoms with Crippen molar-refractivity contribution in [3.63, 3.8) is 0 Å². The maximum atomic E-state index is 11.2. The lowest BCUT2D eigenvalue weighted by molar-refractivity contribution is -0.141. The van der Waals surface area contributed by atoms with Gasteiger partial charge in [0.15, 0.2) is 0 Å². The second-order valence-electron chi connectivity index (χ2n) is 8.67. The van der Waals surface area contributed by atoms with Crippen molar-refractivity contribution in [2.24, 2.45) is 5.73 Å². The highest BCUT2D eigenvalue weighted by Crippen LogP contribution is 2.25. The number of nitrogens with two attached hydrogens (primary N) is 1. The van der Waals surface area contributed by atoms with Gasteiger partial charge in [-0.25, -0.2) is 4.79 Å². The molecule has 10 heteroatoms. The van der Waals surface area contributed by atoms with Gasteiger partial charge < -0.3 is 35.6 Å². The van der Waals surface area contributed by atoms with E-state index in [1.807, 2.05) is 42.6 Å². The summed E-state index contributed by atoms with van der Waals surface area (Å²) in [5, 5.41) is 13.5. The van der Waals surface area contributed by atoms with Crippen LogP contribution in [0.4, 0.5) is 0 Å². The van der Waals surface area contributed by atoms with Crippen molar-refractivity contribution in [1.29, 1.82) is 0 Å². The van der Waals surface area contributed by atoms with Crippen LogP contribution in [-0.2, 0) is 27.2 Å². The number of nitrogens with one attached hydrogen (secondary N) is 3. The van der Waals surface area contributed by atoms with Gasteiger partial charge in [-0.1, -0.05) is 7.43 Å². The van der Waals surface area contributed by atoms with Crippen molar-refractivity contribution in [3.05, 3.63) is 59.9 Å². The monoisotopic (exact) mass is 524 g/mol. The van der Waals surface area contributed by atoms with Gasteiger partial charge in [0, 0.05) is 47.5 Å². The van der Waals surface area contributed by atoms with E-state index in [0.717, 1.165) is 38.7 Å². The number of aromatic amines is 2. The number of carboxylic acids is 1. The van der Waals surface area contributed by atoms with Gasteiger partial charge in [0.1, 0.15) is 23.3 Å². The van der Waals surface area contributed by atoms with Gasteiger partial charge in [0.05, 0.1) is 20.3 Å². The predicted octanol–water partition coefficient (Wildman–Crippen LogP) is 3.58. The molecule has 4 aromatic rings. The van der Waals surface area contributed by atoms with E-state index in [1.165, 1.54) is 13.8 Å². The summed E-state index contributed by atoms with van der Waals surface area (Å²) in [6, 6.07) is 9.95. The van der Waals surface area contributed by atoms with Gasteiger partial charge in [-0.05, 0) is 60.9 Å². The number of aliphatic carboxylic acids is 1. The number of carbonyl (C=O) groups excluding carboxylic acids is 2. The molecule has 0 bridgehead atoms. The van der Waals surface area contributed by atoms with Crippen molar-refractivity contribution in [2.75, 3.05) is 14.2 Å². The molecule has 2 atom stereocenters. The van der Waals surface area contributed by atoms with Gasteiger partial charge in [-0.2, -0.15) is 0 Å². The first kappa shape index (κ1) is 29.9. The topological polar surface area (TPSA) is 160 Å². The maximum absolute atomic E-state index is 11.2. The predicted molar refractivity (Wildman–Crippen MR) is 148 cm³/mol. The summed E-state index contributed by atoms with van der Waals surface area (Å²) in [6.45, 7) is 2.81. The number of rotatable bonds is 9. The average Bonchev–Trinajstić information content (AvgIpc) is 3.46. The lowest BCUT2D eigenvalue weighted by Gasteiger charge is -2.12. The minimum Gasteiger partial charge on any atom is -0.497 e. The summed E-state index contributed by atoms with van der Waals surface area (Å²) < 4.78 is 10.4. The molecule has 38 heavy (non-hydrogen) atoms. The van der Waals surface area contributed by atoms with E-state index in [2.05, 4.69) is 15.3 Å². The molecule has 2 unspecified atom stereocenters. The molecule has 0 saturated carbocycles. The molecule has 2 heterocycles. The zero-order chi connectivity index (χ0) is 27.1. The number of carboxylic acid groups (broad SMARTS) is 1. The highest BCUT2D eigenvalue weighted by Gasteiger charge is 2.20. The summed E-state index contributed by atoms with van der Waals surface area (Å²) >= 11 is 0. The third-order valence-corrected chi connectivity index (χ3v) is 6.01. The number of amides is 1. The smallest absolute Gasteiger partial charge is 0.326 e. The van der Waals surface area contributed by atoms with Gasteiger partial charge in [0.25, 0.3) is 0 Å². The van der Waals surface area contributed by atoms with Crippen LogP contribution >= 0.6 is 0 Å². The Labute approximate surface area is 221 Å². The number of aromatic nitrogens is 2. The third kappa shape index (κ3) is 7.36. The summed E-state index contributed by atoms with van der Waals surface area (Å²) in [7, 11) is 3.21. The van der Waals surface area contributed by atoms with E-state index in [1.54, 1.807) is 20.4 Å². The van der Waals surface area contributed by atoms with Gasteiger partial charge in [0.2, 0.25) is 5.91 Å². The first-order valence-corrected chi connectivity index (χ1v) is 11.7. The van der Waals surface area contributed by atoms with Crippen LogP contribution in [0.2, 0.25) is 0 Å². The zero-order valence-corrected chi connectivity index (χ0v) is 21.3. The van der Waals surface area contributed by atoms with Gasteiger partial charge >= 0.3 is 5.97 Å². The van der Waals surface area contributed by atoms with Crippen molar-refractivity contribution < 1.29 is 29.0 Å². The molecule has 6 N–H and O–H groups in total. The fraction of sp³-hybridized carbons (Fsp3) is 0.321. The first-order valence-electron chi connectivity index (χ1n) is 11.7. The third-order valence-electron chi connectivity index (χ3n) is 6.01. The number of ketones is 1. The Balaban J connectivity index is 0.000000263. The lowest BCUT2D eigenvalue weighted by Crippen LogP contribution is -2.41. The minimum absolute atomic E-state index is 0. The van der Waals surface area contributed by atoms with Crippen LogP contribution in [0.5, 0.6) is 11.5 Å². The van der Waals surface area contributed by atoms with E-state index in [0.29, 0.717) is 12.2 Å². The summed E-state index contributed by atoms with van der Waals surface area (Å²) in [4.78, 5) is 39.6. The second-order valence-corrected chi connectivity index (χ2v) is 8.67. The Morgan fingerprint density at radius 1 is 0.895 bits per heavy atom. The first-order chi connectivity index (χ1) is 17.6. The number of hydrogen-bond acceptors (Lipinski definition) is 6. The van der Waals surface area contributed by atoms with Gasteiger partial charge in [-0.3, -0.25) is 9.59 Å². The molecule has 10 nitrogen and oxygen atoms in total. The van der Waals surface area contributed by atoms with Crippen molar-refractivity contribution in [2.45, 2.75) is 46.2 Å². The van der Waals surface area contributed by atoms with Crippen LogP contribution in [0.3, 0.4) is 0 Å². The summed E-state index contributed by atoms with van der Waals surface area (Å²) in [5.41, 5.74) is 9.56. The molecule has 0 fully saturated rings. The molecular formula is C28H36N4O6. The largest absolute Gasteiger partial charge is 0.497 e. The molecule has 0 aliphatic carbocycles. The molecular weight excluding hydrogens is 488 g/mol. The molecule has 0 saturated heterocycles. The molecule has 0 spiro atoms. The van der Waals surface area contributed by atoms with E-state index in [9.17, 15) is 14.4 Å². The van der Waals surface area contributed by atoms with Crippen LogP contribution in [0.25, 0.3) is 21.8 Å². The number of carbonyl (C=O) groups is 3. The zero-order valence-electron chi connectivity index (χ0n) is 21.3. The number of benzene rings is 2. The van der Waals surface area contributed by atoms with Crippen molar-refractivity contribution in [3.8, 4) is 11.5 Å². The molecule has 0 aliphatic heterocycles. The average molecular weight is 525 g/mol. The number of Topliss-reactive ketones (excluding diaryl/α,β-unsaturated/α-hetero) is 1. The maximum Gasteiger partial charge on any atom is 0.326 e. The molecule has 204 valence electrons. The Kier molecular flexibility index (Phi) is 10.5. The second kappa shape index (κ2) is 13.3. The number of H-pyrrole nitrogens is 2. The highest BCUT2D eigenvalue weighted by molar-refractivity contribution is 5.88. The molecule has 2 aromatic heterocycles. The number of fused-ring (bicyclic) bond motifs is 2. The molecule has 4 rings (SSSR count). The molecule has 0 aliphatic rings. The van der Waals surface area contributed by atoms with E-state index < -0.39 is 18.1 Å². The van der Waals surface area contributed by atoms with E-state index >= 15 is 0 Å². The van der Waals surface area contributed by atoms with Gasteiger partial charge in [-0.15, -0.1) is 0 Å². The van der Waals surface area contributed by atoms with E-state index in [4.69, 9.17) is 20.3 Å². The Bertz CT molecular complexity index is 1410. The summed E-state index contributed by atoms with van der Waals surface area (Å²) in [6.07, 6.45) is 4.40. The number of ether oxygens (including phenoxy) is 2. The standard InChI is InChI=1S/C14H16N2O4.C13H16N2O2.CH4/c1-8(17)16-13(14(18)19)5-9-7-15-12-4-3-10(20-2)6-11(9)12;1-8(16)12(14)5-9-7-15-13-4-3-10(17-2)6-11(9)13;/h3-4,6-7,13,15H,5H2,1-2H3,(H,16,17)(H,18,19);3-4,6-7,12,15H,5,14H2,1-2H3;1H4. The molecule has 1 amide bonds. The number of methoxy groups -OCH3 is 2. The Hall–Kier alpha value is -4.31. The molecule has 0 radical (unpaired) electrons. The minimum atomic E-state index is -1.06. The van der Waals surface area contributed by atoms with Crippen LogP contribution in [-0.4, -0.2) is 59.0 Å². The number of hydrogen-bond donors (Lipinski definition) is 5. The Morgan fingerprint density at radius 2 is 1.37 bits per heavy atom. The van der Waals surface area contributed by atoms with Crippen LogP contribution in [0, 0.1) is 0 Å². The fourth-order valence-corrected chi connectivity index (χ4v) is 3.95. The summed E-state index contributed by atoms with van der Waals surface area (Å²) in [5.74, 6) is 0.0778. The van der Waals surface area contributed by atoms with Crippen LogP contribution < -0.4 is 20.5 Å². The van der Waals surface area contributed by atoms with Crippen molar-refractivity contribution >= 4 is 39.5 Å². The fourth-order valence-electron chi connectivity index (χ4n) is 3.95. The normalized spacial score (nSPS) is 12.0. The SMILES string of the molecule is C.COc1ccc2[nH]cc(CC(N)C(C)=O)c2c1.COc1ccc2[nH]cc(CC(NC(C)=O)C(=O)O)c2c1. The highest BCUT2D eigenvalue weighted by atomic mass is 16.5. The lowest BCUT2D eigenvalue weighted by atomic mass is 10.0. The Morgan fingerprint density at radius 3 is 1.76 bits per heavy atom. The van der Waals surface area contributed by atoms with E-state index in [-0.39, 0.29) is 25.5 Å². The van der Waals surface area contributed by atoms with Crippen LogP contribution in [0.1, 0.15) is 32.4 Å².